The van der Waals surface area contributed by atoms with Crippen molar-refractivity contribution in [2.75, 3.05) is 40.3 Å². The lowest BCUT2D eigenvalue weighted by Gasteiger charge is -2.29. The zero-order valence-electron chi connectivity index (χ0n) is 11.5. The summed E-state index contributed by atoms with van der Waals surface area (Å²) >= 11 is 7.70. The van der Waals surface area contributed by atoms with Crippen molar-refractivity contribution in [1.82, 2.24) is 9.80 Å². The van der Waals surface area contributed by atoms with Crippen molar-refractivity contribution < 1.29 is 0 Å². The molecule has 0 bridgehead atoms. The molecule has 2 N–H and O–H groups in total. The van der Waals surface area contributed by atoms with E-state index in [0.29, 0.717) is 12.6 Å². The molecular weight excluding hydrogens is 266 g/mol. The van der Waals surface area contributed by atoms with Gasteiger partial charge in [0.1, 0.15) is 0 Å². The first-order valence-electron chi connectivity index (χ1n) is 6.41. The molecule has 0 aromatic carbocycles. The fourth-order valence-corrected chi connectivity index (χ4v) is 3.30. The molecule has 3 nitrogen and oxygen atoms in total. The Morgan fingerprint density at radius 1 is 1.39 bits per heavy atom. The van der Waals surface area contributed by atoms with E-state index in [-0.39, 0.29) is 0 Å². The molecule has 1 atom stereocenters. The smallest absolute Gasteiger partial charge is 0.0564 e. The van der Waals surface area contributed by atoms with Gasteiger partial charge in [0.15, 0.2) is 0 Å². The predicted octanol–water partition coefficient (Wildman–Crippen LogP) is 2.67. The summed E-state index contributed by atoms with van der Waals surface area (Å²) in [6.45, 7) is 6.04. The molecule has 0 aliphatic rings. The third-order valence-electron chi connectivity index (χ3n) is 3.04. The van der Waals surface area contributed by atoms with Crippen molar-refractivity contribution in [3.05, 3.63) is 21.3 Å². The predicted molar refractivity (Wildman–Crippen MR) is 81.5 cm³/mol. The van der Waals surface area contributed by atoms with Crippen molar-refractivity contribution >= 4 is 22.9 Å². The van der Waals surface area contributed by atoms with Gasteiger partial charge in [-0.05, 0) is 39.7 Å². The van der Waals surface area contributed by atoms with Crippen LogP contribution in [0.15, 0.2) is 11.4 Å². The number of nitrogens with two attached hydrogens (primary N) is 1. The third kappa shape index (κ3) is 4.86. The molecule has 0 fully saturated rings. The highest BCUT2D eigenvalue weighted by Gasteiger charge is 2.19. The first kappa shape index (κ1) is 15.9. The number of hydrogen-bond acceptors (Lipinski definition) is 4. The van der Waals surface area contributed by atoms with Gasteiger partial charge in [0.25, 0.3) is 0 Å². The average Bonchev–Trinajstić information content (AvgIpc) is 2.74. The van der Waals surface area contributed by atoms with Gasteiger partial charge in [-0.2, -0.15) is 0 Å². The second-order valence-corrected chi connectivity index (χ2v) is 6.08. The lowest BCUT2D eigenvalue weighted by atomic mass is 10.2. The van der Waals surface area contributed by atoms with Crippen LogP contribution in [0.2, 0.25) is 5.02 Å². The molecule has 1 heterocycles. The van der Waals surface area contributed by atoms with Crippen LogP contribution in [0.3, 0.4) is 0 Å². The van der Waals surface area contributed by atoms with Gasteiger partial charge in [-0.25, -0.2) is 0 Å². The SMILES string of the molecule is CCN(CCCN(C)C)C(CN)c1cc(Cl)cs1. The van der Waals surface area contributed by atoms with Gasteiger partial charge in [-0.15, -0.1) is 11.3 Å². The molecule has 1 aromatic heterocycles. The summed E-state index contributed by atoms with van der Waals surface area (Å²) in [5, 5.41) is 2.80. The lowest BCUT2D eigenvalue weighted by Crippen LogP contribution is -2.35. The molecule has 1 aromatic rings. The van der Waals surface area contributed by atoms with Gasteiger partial charge < -0.3 is 10.6 Å². The molecule has 0 saturated carbocycles. The number of halogens is 1. The number of rotatable bonds is 8. The van der Waals surface area contributed by atoms with E-state index in [1.807, 2.05) is 11.4 Å². The molecular formula is C13H24ClN3S. The molecule has 104 valence electrons. The van der Waals surface area contributed by atoms with E-state index in [9.17, 15) is 0 Å². The van der Waals surface area contributed by atoms with Gasteiger partial charge in [0.05, 0.1) is 11.1 Å². The Kier molecular flexibility index (Phi) is 7.19. The summed E-state index contributed by atoms with van der Waals surface area (Å²) in [6, 6.07) is 2.34. The zero-order chi connectivity index (χ0) is 13.5. The number of nitrogens with zero attached hydrogens (tertiary/aromatic N) is 2. The molecule has 0 saturated heterocycles. The minimum absolute atomic E-state index is 0.301. The lowest BCUT2D eigenvalue weighted by molar-refractivity contribution is 0.204. The van der Waals surface area contributed by atoms with E-state index in [1.54, 1.807) is 11.3 Å². The summed E-state index contributed by atoms with van der Waals surface area (Å²) in [4.78, 5) is 5.92. The number of thiophene rings is 1. The van der Waals surface area contributed by atoms with Gasteiger partial charge in [-0.1, -0.05) is 18.5 Å². The van der Waals surface area contributed by atoms with Crippen LogP contribution < -0.4 is 5.73 Å². The minimum atomic E-state index is 0.301. The summed E-state index contributed by atoms with van der Waals surface area (Å²) in [6.07, 6.45) is 1.16. The van der Waals surface area contributed by atoms with E-state index in [2.05, 4.69) is 30.8 Å². The fourth-order valence-electron chi connectivity index (χ4n) is 2.07. The summed E-state index contributed by atoms with van der Waals surface area (Å²) in [5.41, 5.74) is 5.93. The highest BCUT2D eigenvalue weighted by Crippen LogP contribution is 2.28. The summed E-state index contributed by atoms with van der Waals surface area (Å²) in [5.74, 6) is 0. The van der Waals surface area contributed by atoms with Gasteiger partial charge in [-0.3, -0.25) is 4.90 Å². The first-order chi connectivity index (χ1) is 8.58. The molecule has 0 aliphatic carbocycles. The minimum Gasteiger partial charge on any atom is -0.329 e. The maximum Gasteiger partial charge on any atom is 0.0564 e. The standard InChI is InChI=1S/C13H24ClN3S/c1-4-17(7-5-6-16(2)3)12(9-15)13-8-11(14)10-18-13/h8,10,12H,4-7,9,15H2,1-3H3. The van der Waals surface area contributed by atoms with E-state index in [1.165, 1.54) is 4.88 Å². The maximum absolute atomic E-state index is 6.00. The quantitative estimate of drug-likeness (QED) is 0.799. The van der Waals surface area contributed by atoms with E-state index >= 15 is 0 Å². The van der Waals surface area contributed by atoms with Crippen LogP contribution in [0.1, 0.15) is 24.3 Å². The van der Waals surface area contributed by atoms with Crippen molar-refractivity contribution in [2.24, 2.45) is 5.73 Å². The molecule has 1 rings (SSSR count). The van der Waals surface area contributed by atoms with Crippen LogP contribution in [-0.4, -0.2) is 50.1 Å². The molecule has 0 aliphatic heterocycles. The second kappa shape index (κ2) is 8.12. The zero-order valence-corrected chi connectivity index (χ0v) is 13.1. The van der Waals surface area contributed by atoms with Crippen molar-refractivity contribution in [1.29, 1.82) is 0 Å². The van der Waals surface area contributed by atoms with Crippen LogP contribution in [0.5, 0.6) is 0 Å². The fraction of sp³-hybridized carbons (Fsp3) is 0.692. The Morgan fingerprint density at radius 2 is 2.11 bits per heavy atom. The normalized spacial score (nSPS) is 13.5. The average molecular weight is 290 g/mol. The van der Waals surface area contributed by atoms with E-state index in [0.717, 1.165) is 31.1 Å². The molecule has 18 heavy (non-hydrogen) atoms. The Labute approximate surface area is 120 Å². The molecule has 1 unspecified atom stereocenters. The summed E-state index contributed by atoms with van der Waals surface area (Å²) in [7, 11) is 4.21. The molecule has 5 heteroatoms. The van der Waals surface area contributed by atoms with Crippen molar-refractivity contribution in [2.45, 2.75) is 19.4 Å². The Bertz CT molecular complexity index is 341. The monoisotopic (exact) mass is 289 g/mol. The highest BCUT2D eigenvalue weighted by molar-refractivity contribution is 7.10. The highest BCUT2D eigenvalue weighted by atomic mass is 35.5. The Hall–Kier alpha value is -0.130. The van der Waals surface area contributed by atoms with Crippen LogP contribution in [-0.2, 0) is 0 Å². The van der Waals surface area contributed by atoms with Gasteiger partial charge >= 0.3 is 0 Å². The third-order valence-corrected chi connectivity index (χ3v) is 4.42. The van der Waals surface area contributed by atoms with Crippen molar-refractivity contribution in [3.63, 3.8) is 0 Å². The number of likely N-dealkylation sites (N-methyl/N-ethyl adjacent to an activating group) is 1. The van der Waals surface area contributed by atoms with Gasteiger partial charge in [0.2, 0.25) is 0 Å². The van der Waals surface area contributed by atoms with Crippen LogP contribution in [0, 0.1) is 0 Å². The van der Waals surface area contributed by atoms with Crippen molar-refractivity contribution in [3.8, 4) is 0 Å². The van der Waals surface area contributed by atoms with Crippen LogP contribution in [0.4, 0.5) is 0 Å². The first-order valence-corrected chi connectivity index (χ1v) is 7.67. The van der Waals surface area contributed by atoms with Gasteiger partial charge in [0, 0.05) is 23.3 Å². The topological polar surface area (TPSA) is 32.5 Å². The van der Waals surface area contributed by atoms with E-state index in [4.69, 9.17) is 17.3 Å². The van der Waals surface area contributed by atoms with Crippen LogP contribution >= 0.6 is 22.9 Å². The summed E-state index contributed by atoms with van der Waals surface area (Å²) < 4.78 is 0. The number of hydrogen-bond donors (Lipinski definition) is 1. The largest absolute Gasteiger partial charge is 0.329 e. The Balaban J connectivity index is 2.60. The molecule has 0 amide bonds. The maximum atomic E-state index is 6.00. The molecule has 0 spiro atoms. The van der Waals surface area contributed by atoms with Crippen LogP contribution in [0.25, 0.3) is 0 Å². The molecule has 0 radical (unpaired) electrons. The van der Waals surface area contributed by atoms with E-state index < -0.39 is 0 Å². The Morgan fingerprint density at radius 3 is 2.56 bits per heavy atom. The second-order valence-electron chi connectivity index (χ2n) is 4.70.